The van der Waals surface area contributed by atoms with Crippen molar-refractivity contribution in [1.29, 1.82) is 0 Å². The normalized spacial score (nSPS) is 10.4. The summed E-state index contributed by atoms with van der Waals surface area (Å²) in [4.78, 5) is 11.8. The van der Waals surface area contributed by atoms with E-state index >= 15 is 0 Å². The van der Waals surface area contributed by atoms with Gasteiger partial charge in [-0.05, 0) is 48.4 Å². The zero-order chi connectivity index (χ0) is 15.2. The predicted molar refractivity (Wildman–Crippen MR) is 82.9 cm³/mol. The Morgan fingerprint density at radius 3 is 2.57 bits per heavy atom. The summed E-state index contributed by atoms with van der Waals surface area (Å²) < 4.78 is 12.8. The Balaban J connectivity index is 1.81. The first-order valence-electron chi connectivity index (χ1n) is 6.56. The van der Waals surface area contributed by atoms with Gasteiger partial charge in [-0.25, -0.2) is 4.39 Å². The lowest BCUT2D eigenvalue weighted by Gasteiger charge is -2.09. The summed E-state index contributed by atoms with van der Waals surface area (Å²) >= 11 is 5.86. The number of nitrogens with one attached hydrogen (secondary N) is 2. The highest BCUT2D eigenvalue weighted by molar-refractivity contribution is 6.30. The first-order chi connectivity index (χ1) is 10.0. The molecule has 0 bridgehead atoms. The number of aryl methyl sites for hydroxylation is 1. The van der Waals surface area contributed by atoms with E-state index in [4.69, 9.17) is 11.6 Å². The van der Waals surface area contributed by atoms with Crippen LogP contribution in [0.1, 0.15) is 11.1 Å². The van der Waals surface area contributed by atoms with E-state index < -0.39 is 0 Å². The maximum atomic E-state index is 12.8. The van der Waals surface area contributed by atoms with Crippen molar-refractivity contribution < 1.29 is 9.18 Å². The topological polar surface area (TPSA) is 41.1 Å². The molecular weight excluding hydrogens is 291 g/mol. The van der Waals surface area contributed by atoms with Crippen molar-refractivity contribution in [3.63, 3.8) is 0 Å². The van der Waals surface area contributed by atoms with Crippen molar-refractivity contribution in [2.45, 2.75) is 13.5 Å². The van der Waals surface area contributed by atoms with E-state index in [1.807, 2.05) is 6.92 Å². The Morgan fingerprint density at radius 2 is 1.90 bits per heavy atom. The van der Waals surface area contributed by atoms with Crippen LogP contribution in [0.25, 0.3) is 0 Å². The molecule has 1 amide bonds. The van der Waals surface area contributed by atoms with Crippen LogP contribution in [0.4, 0.5) is 10.1 Å². The minimum absolute atomic E-state index is 0.137. The lowest BCUT2D eigenvalue weighted by atomic mass is 10.2. The molecule has 2 N–H and O–H groups in total. The molecule has 0 aliphatic heterocycles. The first kappa shape index (κ1) is 15.5. The summed E-state index contributed by atoms with van der Waals surface area (Å²) in [6.45, 7) is 2.57. The summed E-state index contributed by atoms with van der Waals surface area (Å²) in [5.74, 6) is -0.405. The maximum absolute atomic E-state index is 12.8. The summed E-state index contributed by atoms with van der Waals surface area (Å²) in [5.41, 5.74) is 2.58. The lowest BCUT2D eigenvalue weighted by molar-refractivity contribution is -0.115. The van der Waals surface area contributed by atoms with Gasteiger partial charge in [0.25, 0.3) is 0 Å². The van der Waals surface area contributed by atoms with Crippen LogP contribution in [0.5, 0.6) is 0 Å². The molecule has 0 atom stereocenters. The van der Waals surface area contributed by atoms with Crippen LogP contribution >= 0.6 is 11.6 Å². The third-order valence-electron chi connectivity index (χ3n) is 2.99. The van der Waals surface area contributed by atoms with E-state index in [2.05, 4.69) is 10.6 Å². The minimum atomic E-state index is -0.269. The zero-order valence-corrected chi connectivity index (χ0v) is 12.4. The highest BCUT2D eigenvalue weighted by atomic mass is 35.5. The minimum Gasteiger partial charge on any atom is -0.325 e. The van der Waals surface area contributed by atoms with Crippen molar-refractivity contribution in [2.24, 2.45) is 0 Å². The maximum Gasteiger partial charge on any atom is 0.238 e. The van der Waals surface area contributed by atoms with Gasteiger partial charge in [0.1, 0.15) is 5.82 Å². The summed E-state index contributed by atoms with van der Waals surface area (Å²) in [6, 6.07) is 11.5. The Bertz CT molecular complexity index is 629. The second-order valence-electron chi connectivity index (χ2n) is 4.74. The largest absolute Gasteiger partial charge is 0.325 e. The Hall–Kier alpha value is -1.91. The molecule has 110 valence electrons. The van der Waals surface area contributed by atoms with E-state index in [0.717, 1.165) is 16.8 Å². The van der Waals surface area contributed by atoms with E-state index in [1.165, 1.54) is 12.1 Å². The molecule has 0 fully saturated rings. The quantitative estimate of drug-likeness (QED) is 0.887. The fraction of sp³-hybridized carbons (Fsp3) is 0.188. The number of halogens is 2. The number of hydrogen-bond donors (Lipinski definition) is 2. The molecule has 21 heavy (non-hydrogen) atoms. The van der Waals surface area contributed by atoms with Gasteiger partial charge in [-0.15, -0.1) is 0 Å². The van der Waals surface area contributed by atoms with E-state index in [1.54, 1.807) is 30.3 Å². The van der Waals surface area contributed by atoms with Crippen LogP contribution < -0.4 is 10.6 Å². The number of carbonyl (C=O) groups excluding carboxylic acids is 1. The highest BCUT2D eigenvalue weighted by Crippen LogP contribution is 2.19. The van der Waals surface area contributed by atoms with Gasteiger partial charge in [-0.3, -0.25) is 4.79 Å². The second kappa shape index (κ2) is 7.20. The Morgan fingerprint density at radius 1 is 1.19 bits per heavy atom. The van der Waals surface area contributed by atoms with E-state index in [9.17, 15) is 9.18 Å². The van der Waals surface area contributed by atoms with Gasteiger partial charge in [0, 0.05) is 17.3 Å². The van der Waals surface area contributed by atoms with E-state index in [0.29, 0.717) is 11.6 Å². The van der Waals surface area contributed by atoms with Crippen molar-refractivity contribution in [1.82, 2.24) is 5.32 Å². The Labute approximate surface area is 128 Å². The fourth-order valence-corrected chi connectivity index (χ4v) is 2.11. The first-order valence-corrected chi connectivity index (χ1v) is 6.93. The number of hydrogen-bond acceptors (Lipinski definition) is 2. The molecule has 0 radical (unpaired) electrons. The van der Waals surface area contributed by atoms with Crippen molar-refractivity contribution in [3.8, 4) is 0 Å². The molecule has 5 heteroatoms. The van der Waals surface area contributed by atoms with Crippen molar-refractivity contribution >= 4 is 23.2 Å². The molecule has 2 aromatic carbocycles. The lowest BCUT2D eigenvalue weighted by Crippen LogP contribution is -2.27. The van der Waals surface area contributed by atoms with Gasteiger partial charge in [-0.2, -0.15) is 0 Å². The van der Waals surface area contributed by atoms with E-state index in [-0.39, 0.29) is 18.3 Å². The molecular formula is C16H16ClFN2O. The standard InChI is InChI=1S/C16H16ClFN2O/c1-11-8-13(17)4-7-15(11)20-16(21)10-19-9-12-2-5-14(18)6-3-12/h2-8,19H,9-10H2,1H3,(H,20,21). The highest BCUT2D eigenvalue weighted by Gasteiger charge is 2.05. The average molecular weight is 307 g/mol. The second-order valence-corrected chi connectivity index (χ2v) is 5.17. The molecule has 0 aromatic heterocycles. The Kier molecular flexibility index (Phi) is 5.31. The van der Waals surface area contributed by atoms with Gasteiger partial charge in [0.05, 0.1) is 6.54 Å². The van der Waals surface area contributed by atoms with Gasteiger partial charge in [0.15, 0.2) is 0 Å². The van der Waals surface area contributed by atoms with Gasteiger partial charge >= 0.3 is 0 Å². The van der Waals surface area contributed by atoms with Crippen molar-refractivity contribution in [3.05, 3.63) is 64.4 Å². The van der Waals surface area contributed by atoms with Crippen LogP contribution in [-0.4, -0.2) is 12.5 Å². The third kappa shape index (κ3) is 4.85. The molecule has 0 heterocycles. The number of amides is 1. The van der Waals surface area contributed by atoms with Gasteiger partial charge in [0.2, 0.25) is 5.91 Å². The zero-order valence-electron chi connectivity index (χ0n) is 11.6. The molecule has 3 nitrogen and oxygen atoms in total. The van der Waals surface area contributed by atoms with Crippen LogP contribution in [0.3, 0.4) is 0 Å². The number of benzene rings is 2. The van der Waals surface area contributed by atoms with Gasteiger partial charge < -0.3 is 10.6 Å². The van der Waals surface area contributed by atoms with Crippen molar-refractivity contribution in [2.75, 3.05) is 11.9 Å². The fourth-order valence-electron chi connectivity index (χ4n) is 1.88. The smallest absolute Gasteiger partial charge is 0.238 e. The van der Waals surface area contributed by atoms with Gasteiger partial charge in [-0.1, -0.05) is 23.7 Å². The summed E-state index contributed by atoms with van der Waals surface area (Å²) in [7, 11) is 0. The van der Waals surface area contributed by atoms with Crippen LogP contribution in [-0.2, 0) is 11.3 Å². The molecule has 2 rings (SSSR count). The molecule has 0 unspecified atom stereocenters. The van der Waals surface area contributed by atoms with Crippen LogP contribution in [0.15, 0.2) is 42.5 Å². The predicted octanol–water partition coefficient (Wildman–Crippen LogP) is 3.52. The molecule has 0 saturated heterocycles. The summed E-state index contributed by atoms with van der Waals surface area (Å²) in [5, 5.41) is 6.46. The van der Waals surface area contributed by atoms with Crippen LogP contribution in [0.2, 0.25) is 5.02 Å². The third-order valence-corrected chi connectivity index (χ3v) is 3.23. The van der Waals surface area contributed by atoms with Crippen LogP contribution in [0, 0.1) is 12.7 Å². The molecule has 0 saturated carbocycles. The number of rotatable bonds is 5. The summed E-state index contributed by atoms with van der Waals surface area (Å²) in [6.07, 6.45) is 0. The monoisotopic (exact) mass is 306 g/mol. The molecule has 0 spiro atoms. The molecule has 0 aliphatic rings. The number of carbonyl (C=O) groups is 1. The molecule has 2 aromatic rings. The number of anilines is 1. The average Bonchev–Trinajstić information content (AvgIpc) is 2.44. The molecule has 0 aliphatic carbocycles. The SMILES string of the molecule is Cc1cc(Cl)ccc1NC(=O)CNCc1ccc(F)cc1.